The highest BCUT2D eigenvalue weighted by molar-refractivity contribution is 5.37. The van der Waals surface area contributed by atoms with Crippen LogP contribution < -0.4 is 5.73 Å². The van der Waals surface area contributed by atoms with Gasteiger partial charge in [-0.3, -0.25) is 0 Å². The third-order valence-electron chi connectivity index (χ3n) is 2.54. The van der Waals surface area contributed by atoms with Crippen LogP contribution in [-0.2, 0) is 6.42 Å². The fourth-order valence-corrected chi connectivity index (χ4v) is 1.69. The molecule has 2 rings (SSSR count). The maximum atomic E-state index is 5.33. The van der Waals surface area contributed by atoms with Crippen LogP contribution in [0.3, 0.4) is 0 Å². The summed E-state index contributed by atoms with van der Waals surface area (Å²) in [6.45, 7) is 0.408. The predicted octanol–water partition coefficient (Wildman–Crippen LogP) is 2.59. The maximum absolute atomic E-state index is 5.33. The molecule has 0 amide bonds. The van der Waals surface area contributed by atoms with Crippen LogP contribution in [0.2, 0.25) is 0 Å². The topological polar surface area (TPSA) is 26.0 Å². The molecule has 2 aromatic carbocycles. The Labute approximate surface area is 102 Å². The number of benzene rings is 2. The Morgan fingerprint density at radius 3 is 2.12 bits per heavy atom. The first-order valence-corrected chi connectivity index (χ1v) is 5.70. The van der Waals surface area contributed by atoms with Crippen molar-refractivity contribution in [3.63, 3.8) is 0 Å². The highest BCUT2D eigenvalue weighted by Crippen LogP contribution is 2.10. The van der Waals surface area contributed by atoms with Gasteiger partial charge in [-0.15, -0.1) is 0 Å². The lowest BCUT2D eigenvalue weighted by Crippen LogP contribution is -1.93. The van der Waals surface area contributed by atoms with E-state index in [1.807, 2.05) is 18.2 Å². The Kier molecular flexibility index (Phi) is 3.96. The van der Waals surface area contributed by atoms with E-state index >= 15 is 0 Å². The molecule has 0 aliphatic rings. The second-order valence-electron chi connectivity index (χ2n) is 3.87. The molecule has 84 valence electrons. The van der Waals surface area contributed by atoms with Gasteiger partial charge in [0.25, 0.3) is 0 Å². The van der Waals surface area contributed by atoms with Gasteiger partial charge in [-0.2, -0.15) is 0 Å². The Bertz CT molecular complexity index is 515. The molecular weight excluding hydrogens is 206 g/mol. The highest BCUT2D eigenvalue weighted by Gasteiger charge is 1.95. The molecule has 2 aromatic rings. The Morgan fingerprint density at radius 2 is 1.47 bits per heavy atom. The van der Waals surface area contributed by atoms with Crippen molar-refractivity contribution < 1.29 is 0 Å². The first kappa shape index (κ1) is 11.4. The smallest absolute Gasteiger partial charge is 0.0555 e. The summed E-state index contributed by atoms with van der Waals surface area (Å²) in [5, 5.41) is 0. The van der Waals surface area contributed by atoms with Crippen molar-refractivity contribution in [1.29, 1.82) is 0 Å². The van der Waals surface area contributed by atoms with Gasteiger partial charge in [0.1, 0.15) is 0 Å². The summed E-state index contributed by atoms with van der Waals surface area (Å²) in [4.78, 5) is 0. The first-order chi connectivity index (χ1) is 8.38. The lowest BCUT2D eigenvalue weighted by molar-refractivity contribution is 1.19. The zero-order valence-electron chi connectivity index (χ0n) is 9.69. The number of nitrogens with two attached hydrogens (primary N) is 1. The van der Waals surface area contributed by atoms with Crippen molar-refractivity contribution in [2.24, 2.45) is 5.73 Å². The molecule has 0 aliphatic carbocycles. The molecule has 0 saturated heterocycles. The van der Waals surface area contributed by atoms with Gasteiger partial charge in [-0.1, -0.05) is 54.3 Å². The summed E-state index contributed by atoms with van der Waals surface area (Å²) in [5.41, 5.74) is 8.98. The van der Waals surface area contributed by atoms with Gasteiger partial charge in [0.2, 0.25) is 0 Å². The Hall–Kier alpha value is -2.04. The lowest BCUT2D eigenvalue weighted by atomic mass is 10.0. The molecule has 2 N–H and O–H groups in total. The summed E-state index contributed by atoms with van der Waals surface area (Å²) in [6.07, 6.45) is 0.964. The average molecular weight is 221 g/mol. The van der Waals surface area contributed by atoms with E-state index in [4.69, 9.17) is 5.73 Å². The minimum atomic E-state index is 0.408. The third-order valence-corrected chi connectivity index (χ3v) is 2.54. The van der Waals surface area contributed by atoms with Gasteiger partial charge < -0.3 is 5.73 Å². The number of hydrogen-bond acceptors (Lipinski definition) is 1. The van der Waals surface area contributed by atoms with Gasteiger partial charge in [0, 0.05) is 5.56 Å². The normalized spacial score (nSPS) is 9.47. The quantitative estimate of drug-likeness (QED) is 0.775. The van der Waals surface area contributed by atoms with Crippen molar-refractivity contribution in [3.8, 4) is 11.8 Å². The van der Waals surface area contributed by atoms with E-state index in [-0.39, 0.29) is 0 Å². The minimum absolute atomic E-state index is 0.408. The Balaban J connectivity index is 2.08. The van der Waals surface area contributed by atoms with Crippen molar-refractivity contribution in [2.45, 2.75) is 6.42 Å². The van der Waals surface area contributed by atoms with Gasteiger partial charge in [-0.25, -0.2) is 0 Å². The van der Waals surface area contributed by atoms with Gasteiger partial charge in [-0.05, 0) is 29.7 Å². The van der Waals surface area contributed by atoms with Crippen LogP contribution in [0, 0.1) is 11.8 Å². The second-order valence-corrected chi connectivity index (χ2v) is 3.87. The lowest BCUT2D eigenvalue weighted by Gasteiger charge is -2.01. The molecule has 1 heteroatoms. The first-order valence-electron chi connectivity index (χ1n) is 5.70. The zero-order valence-corrected chi connectivity index (χ0v) is 9.69. The number of hydrogen-bond donors (Lipinski definition) is 1. The van der Waals surface area contributed by atoms with Crippen LogP contribution in [0.25, 0.3) is 0 Å². The summed E-state index contributed by atoms with van der Waals surface area (Å²) in [5.74, 6) is 5.87. The van der Waals surface area contributed by atoms with Crippen LogP contribution in [0.15, 0.2) is 54.6 Å². The van der Waals surface area contributed by atoms with Crippen LogP contribution in [-0.4, -0.2) is 6.54 Å². The fraction of sp³-hybridized carbons (Fsp3) is 0.125. The largest absolute Gasteiger partial charge is 0.320 e. The molecule has 0 spiro atoms. The zero-order chi connectivity index (χ0) is 11.9. The predicted molar refractivity (Wildman–Crippen MR) is 71.6 cm³/mol. The molecule has 0 bridgehead atoms. The van der Waals surface area contributed by atoms with E-state index in [1.165, 1.54) is 11.1 Å². The van der Waals surface area contributed by atoms with E-state index in [1.54, 1.807) is 0 Å². The van der Waals surface area contributed by atoms with Crippen molar-refractivity contribution in [3.05, 3.63) is 71.3 Å². The van der Waals surface area contributed by atoms with Crippen molar-refractivity contribution in [1.82, 2.24) is 0 Å². The van der Waals surface area contributed by atoms with E-state index in [0.29, 0.717) is 6.54 Å². The molecular formula is C16H15N. The molecule has 0 atom stereocenters. The molecule has 0 radical (unpaired) electrons. The molecule has 0 fully saturated rings. The maximum Gasteiger partial charge on any atom is 0.0555 e. The second kappa shape index (κ2) is 5.89. The van der Waals surface area contributed by atoms with Gasteiger partial charge in [0.05, 0.1) is 6.54 Å². The molecule has 0 aromatic heterocycles. The number of rotatable bonds is 2. The average Bonchev–Trinajstić information content (AvgIpc) is 2.39. The van der Waals surface area contributed by atoms with Crippen LogP contribution in [0.4, 0.5) is 0 Å². The van der Waals surface area contributed by atoms with Crippen molar-refractivity contribution >= 4 is 0 Å². The van der Waals surface area contributed by atoms with E-state index in [2.05, 4.69) is 48.2 Å². The minimum Gasteiger partial charge on any atom is -0.320 e. The molecule has 1 nitrogen and oxygen atoms in total. The highest BCUT2D eigenvalue weighted by atomic mass is 14.5. The molecule has 17 heavy (non-hydrogen) atoms. The van der Waals surface area contributed by atoms with Gasteiger partial charge >= 0.3 is 0 Å². The molecule has 0 saturated carbocycles. The third kappa shape index (κ3) is 3.48. The van der Waals surface area contributed by atoms with E-state index < -0.39 is 0 Å². The standard InChI is InChI=1S/C16H15N/c17-12-4-7-14-8-10-16(11-9-14)13-15-5-2-1-3-6-15/h1-3,5-6,8-11H,12-13,17H2. The fourth-order valence-electron chi connectivity index (χ4n) is 1.69. The summed E-state index contributed by atoms with van der Waals surface area (Å²) in [6, 6.07) is 18.8. The van der Waals surface area contributed by atoms with E-state index in [0.717, 1.165) is 12.0 Å². The van der Waals surface area contributed by atoms with E-state index in [9.17, 15) is 0 Å². The SMILES string of the molecule is NCC#Cc1ccc(Cc2ccccc2)cc1. The molecule has 0 unspecified atom stereocenters. The van der Waals surface area contributed by atoms with Crippen molar-refractivity contribution in [2.75, 3.05) is 6.54 Å². The van der Waals surface area contributed by atoms with Gasteiger partial charge in [0.15, 0.2) is 0 Å². The Morgan fingerprint density at radius 1 is 0.824 bits per heavy atom. The van der Waals surface area contributed by atoms with Crippen LogP contribution in [0.5, 0.6) is 0 Å². The summed E-state index contributed by atoms with van der Waals surface area (Å²) < 4.78 is 0. The summed E-state index contributed by atoms with van der Waals surface area (Å²) >= 11 is 0. The molecule has 0 heterocycles. The monoisotopic (exact) mass is 221 g/mol. The van der Waals surface area contributed by atoms with Crippen LogP contribution in [0.1, 0.15) is 16.7 Å². The molecule has 0 aliphatic heterocycles. The summed E-state index contributed by atoms with van der Waals surface area (Å²) in [7, 11) is 0. The van der Waals surface area contributed by atoms with Crippen LogP contribution >= 0.6 is 0 Å².